The fourth-order valence-corrected chi connectivity index (χ4v) is 7.33. The van der Waals surface area contributed by atoms with Gasteiger partial charge in [-0.3, -0.25) is 5.32 Å². The number of rotatable bonds is 4. The summed E-state index contributed by atoms with van der Waals surface area (Å²) in [6.07, 6.45) is 5.70. The van der Waals surface area contributed by atoms with E-state index in [9.17, 15) is 10.1 Å². The van der Waals surface area contributed by atoms with Crippen LogP contribution >= 0.6 is 22.7 Å². The molecular weight excluding hydrogens is 436 g/mol. The van der Waals surface area contributed by atoms with Crippen LogP contribution in [0, 0.1) is 18.3 Å². The number of urea groups is 1. The second kappa shape index (κ2) is 9.07. The zero-order chi connectivity index (χ0) is 22.1. The van der Waals surface area contributed by atoms with Gasteiger partial charge in [0, 0.05) is 27.7 Å². The highest BCUT2D eigenvalue weighted by Gasteiger charge is 2.23. The first kappa shape index (κ1) is 21.2. The first-order valence-corrected chi connectivity index (χ1v) is 12.8. The highest BCUT2D eigenvalue weighted by molar-refractivity contribution is 7.16. The number of thiophene rings is 2. The largest absolute Gasteiger partial charge is 0.334 e. The van der Waals surface area contributed by atoms with Gasteiger partial charge >= 0.3 is 6.03 Å². The van der Waals surface area contributed by atoms with Gasteiger partial charge in [0.2, 0.25) is 0 Å². The Bertz CT molecular complexity index is 1220. The SMILES string of the molecule is Cc1c(NC(=O)NCc2c(-c3cccc(C#N)c3)sc3c2CCNC3)sc2c1CCCC2. The maximum Gasteiger partial charge on any atom is 0.320 e. The van der Waals surface area contributed by atoms with Gasteiger partial charge in [0.1, 0.15) is 0 Å². The van der Waals surface area contributed by atoms with Crippen LogP contribution in [0.5, 0.6) is 0 Å². The highest BCUT2D eigenvalue weighted by atomic mass is 32.1. The molecule has 1 aliphatic heterocycles. The summed E-state index contributed by atoms with van der Waals surface area (Å²) in [5.41, 5.74) is 6.89. The monoisotopic (exact) mass is 462 g/mol. The molecule has 164 valence electrons. The lowest BCUT2D eigenvalue weighted by Crippen LogP contribution is -2.29. The summed E-state index contributed by atoms with van der Waals surface area (Å²) in [6.45, 7) is 4.41. The molecule has 5 nitrogen and oxygen atoms in total. The van der Waals surface area contributed by atoms with Gasteiger partial charge in [-0.05, 0) is 85.5 Å². The Morgan fingerprint density at radius 3 is 2.88 bits per heavy atom. The van der Waals surface area contributed by atoms with Gasteiger partial charge in [0.25, 0.3) is 0 Å². The number of hydrogen-bond acceptors (Lipinski definition) is 5. The topological polar surface area (TPSA) is 77.0 Å². The van der Waals surface area contributed by atoms with Crippen molar-refractivity contribution < 1.29 is 4.79 Å². The Morgan fingerprint density at radius 1 is 1.16 bits per heavy atom. The van der Waals surface area contributed by atoms with Crippen LogP contribution in [0.3, 0.4) is 0 Å². The number of amides is 2. The average Bonchev–Trinajstić information content (AvgIpc) is 3.35. The summed E-state index contributed by atoms with van der Waals surface area (Å²) >= 11 is 3.50. The number of hydrogen-bond donors (Lipinski definition) is 3. The molecule has 0 atom stereocenters. The lowest BCUT2D eigenvalue weighted by atomic mass is 9.96. The van der Waals surface area contributed by atoms with Crippen molar-refractivity contribution in [3.05, 3.63) is 61.8 Å². The fraction of sp³-hybridized carbons (Fsp3) is 0.360. The summed E-state index contributed by atoms with van der Waals surface area (Å²) < 4.78 is 0. The number of nitrogens with one attached hydrogen (secondary N) is 3. The molecule has 7 heteroatoms. The minimum Gasteiger partial charge on any atom is -0.334 e. The summed E-state index contributed by atoms with van der Waals surface area (Å²) in [5, 5.41) is 20.0. The Kier molecular flexibility index (Phi) is 6.01. The van der Waals surface area contributed by atoms with Gasteiger partial charge in [-0.1, -0.05) is 12.1 Å². The number of carbonyl (C=O) groups excluding carboxylic acids is 1. The molecule has 0 spiro atoms. The maximum atomic E-state index is 12.8. The highest BCUT2D eigenvalue weighted by Crippen LogP contribution is 2.39. The zero-order valence-corrected chi connectivity index (χ0v) is 19.8. The molecule has 2 aliphatic rings. The van der Waals surface area contributed by atoms with Gasteiger partial charge in [0.15, 0.2) is 0 Å². The van der Waals surface area contributed by atoms with Crippen molar-refractivity contribution >= 4 is 33.7 Å². The molecule has 3 N–H and O–H groups in total. The first-order valence-electron chi connectivity index (χ1n) is 11.1. The predicted octanol–water partition coefficient (Wildman–Crippen LogP) is 5.50. The lowest BCUT2D eigenvalue weighted by molar-refractivity contribution is 0.252. The molecule has 0 fully saturated rings. The van der Waals surface area contributed by atoms with Gasteiger partial charge < -0.3 is 10.6 Å². The van der Waals surface area contributed by atoms with E-state index in [1.54, 1.807) is 22.7 Å². The van der Waals surface area contributed by atoms with E-state index in [2.05, 4.69) is 35.0 Å². The molecule has 0 bridgehead atoms. The van der Waals surface area contributed by atoms with E-state index in [1.165, 1.54) is 44.8 Å². The standard InChI is InChI=1S/C25H26N4OS2/c1-15-18-7-2-3-8-21(18)32-24(15)29-25(30)28-13-20-19-9-10-27-14-22(19)31-23(20)17-6-4-5-16(11-17)12-26/h4-6,11,27H,2-3,7-10,13-14H2,1H3,(H2,28,29,30). The third-order valence-electron chi connectivity index (χ3n) is 6.38. The van der Waals surface area contributed by atoms with Crippen LogP contribution in [-0.2, 0) is 32.4 Å². The van der Waals surface area contributed by atoms with Crippen LogP contribution in [0.2, 0.25) is 0 Å². The van der Waals surface area contributed by atoms with E-state index in [0.717, 1.165) is 47.8 Å². The Hall–Kier alpha value is -2.66. The van der Waals surface area contributed by atoms with Crippen molar-refractivity contribution in [3.8, 4) is 16.5 Å². The molecule has 5 rings (SSSR count). The van der Waals surface area contributed by atoms with E-state index in [4.69, 9.17) is 0 Å². The van der Waals surface area contributed by atoms with Crippen LogP contribution in [-0.4, -0.2) is 12.6 Å². The molecule has 1 aromatic carbocycles. The minimum atomic E-state index is -0.155. The maximum absolute atomic E-state index is 12.8. The number of aryl methyl sites for hydroxylation is 1. The lowest BCUT2D eigenvalue weighted by Gasteiger charge is -2.15. The van der Waals surface area contributed by atoms with Gasteiger partial charge in [-0.2, -0.15) is 5.26 Å². The Balaban J connectivity index is 1.37. The molecule has 0 radical (unpaired) electrons. The normalized spacial score (nSPS) is 14.9. The molecule has 0 saturated carbocycles. The molecule has 0 unspecified atom stereocenters. The smallest absolute Gasteiger partial charge is 0.320 e. The van der Waals surface area contributed by atoms with E-state index in [-0.39, 0.29) is 6.03 Å². The van der Waals surface area contributed by atoms with E-state index in [1.807, 2.05) is 18.2 Å². The van der Waals surface area contributed by atoms with Crippen LogP contribution in [0.25, 0.3) is 10.4 Å². The summed E-state index contributed by atoms with van der Waals surface area (Å²) in [6, 6.07) is 9.82. The van der Waals surface area contributed by atoms with E-state index >= 15 is 0 Å². The molecule has 0 saturated heterocycles. The number of benzene rings is 1. The van der Waals surface area contributed by atoms with Crippen LogP contribution in [0.1, 0.15) is 50.4 Å². The van der Waals surface area contributed by atoms with Gasteiger partial charge in [-0.25, -0.2) is 4.79 Å². The number of carbonyl (C=O) groups is 1. The minimum absolute atomic E-state index is 0.155. The second-order valence-corrected chi connectivity index (χ2v) is 10.6. The molecule has 3 heterocycles. The van der Waals surface area contributed by atoms with E-state index < -0.39 is 0 Å². The third-order valence-corrected chi connectivity index (χ3v) is 9.01. The first-order chi connectivity index (χ1) is 15.6. The molecule has 1 aliphatic carbocycles. The van der Waals surface area contributed by atoms with Crippen LogP contribution < -0.4 is 16.0 Å². The average molecular weight is 463 g/mol. The second-order valence-electron chi connectivity index (χ2n) is 8.40. The molecule has 3 aromatic rings. The number of nitrogens with zero attached hydrogens (tertiary/aromatic N) is 1. The Morgan fingerprint density at radius 2 is 2.03 bits per heavy atom. The van der Waals surface area contributed by atoms with Crippen molar-refractivity contribution in [2.75, 3.05) is 11.9 Å². The quantitative estimate of drug-likeness (QED) is 0.479. The zero-order valence-electron chi connectivity index (χ0n) is 18.1. The van der Waals surface area contributed by atoms with Crippen LogP contribution in [0.15, 0.2) is 24.3 Å². The number of anilines is 1. The van der Waals surface area contributed by atoms with Crippen molar-refractivity contribution in [3.63, 3.8) is 0 Å². The molecular formula is C25H26N4OS2. The predicted molar refractivity (Wildman–Crippen MR) is 131 cm³/mol. The number of fused-ring (bicyclic) bond motifs is 2. The van der Waals surface area contributed by atoms with Crippen LogP contribution in [0.4, 0.5) is 9.80 Å². The number of nitriles is 1. The van der Waals surface area contributed by atoms with Crippen molar-refractivity contribution in [2.45, 2.75) is 52.1 Å². The summed E-state index contributed by atoms with van der Waals surface area (Å²) in [7, 11) is 0. The van der Waals surface area contributed by atoms with E-state index in [0.29, 0.717) is 12.1 Å². The molecule has 2 amide bonds. The summed E-state index contributed by atoms with van der Waals surface area (Å²) in [4.78, 5) is 16.7. The van der Waals surface area contributed by atoms with Gasteiger partial charge in [0.05, 0.1) is 16.6 Å². The summed E-state index contributed by atoms with van der Waals surface area (Å²) in [5.74, 6) is 0. The fourth-order valence-electron chi connectivity index (χ4n) is 4.71. The third kappa shape index (κ3) is 4.06. The van der Waals surface area contributed by atoms with Crippen molar-refractivity contribution in [1.29, 1.82) is 5.26 Å². The van der Waals surface area contributed by atoms with Crippen molar-refractivity contribution in [2.24, 2.45) is 0 Å². The molecule has 2 aromatic heterocycles. The molecule has 32 heavy (non-hydrogen) atoms. The Labute approximate surface area is 196 Å². The van der Waals surface area contributed by atoms with Crippen molar-refractivity contribution in [1.82, 2.24) is 10.6 Å². The van der Waals surface area contributed by atoms with Gasteiger partial charge in [-0.15, -0.1) is 22.7 Å².